The summed E-state index contributed by atoms with van der Waals surface area (Å²) in [6, 6.07) is 8.55. The van der Waals surface area contributed by atoms with Crippen molar-refractivity contribution in [3.05, 3.63) is 58.6 Å². The second-order valence-electron chi connectivity index (χ2n) is 6.53. The lowest BCUT2D eigenvalue weighted by Crippen LogP contribution is -2.57. The number of hydrogen-bond donors (Lipinski definition) is 1. The molecule has 0 aromatic carbocycles. The van der Waals surface area contributed by atoms with Crippen molar-refractivity contribution in [1.29, 1.82) is 0 Å². The van der Waals surface area contributed by atoms with Crippen LogP contribution in [-0.2, 0) is 0 Å². The molecule has 2 aromatic heterocycles. The Morgan fingerprint density at radius 1 is 1.17 bits per heavy atom. The number of nitrogens with zero attached hydrogens (tertiary/aromatic N) is 3. The number of rotatable bonds is 3. The number of carbonyl (C=O) groups is 1. The lowest BCUT2D eigenvalue weighted by molar-refractivity contribution is 0.0620. The SMILES string of the molecule is O=C(NC1CN2CCC1CC2)c1ccc(=O)n(-c2ccccn2)c1. The van der Waals surface area contributed by atoms with Crippen molar-refractivity contribution in [2.75, 3.05) is 19.6 Å². The van der Waals surface area contributed by atoms with Crippen molar-refractivity contribution in [1.82, 2.24) is 19.8 Å². The van der Waals surface area contributed by atoms with E-state index in [0.717, 1.165) is 32.5 Å². The highest BCUT2D eigenvalue weighted by molar-refractivity contribution is 5.94. The van der Waals surface area contributed by atoms with Crippen LogP contribution in [0.15, 0.2) is 47.5 Å². The van der Waals surface area contributed by atoms with Gasteiger partial charge >= 0.3 is 0 Å². The van der Waals surface area contributed by atoms with E-state index >= 15 is 0 Å². The lowest BCUT2D eigenvalue weighted by Gasteiger charge is -2.44. The maximum atomic E-state index is 12.6. The van der Waals surface area contributed by atoms with Gasteiger partial charge in [-0.05, 0) is 50.0 Å². The van der Waals surface area contributed by atoms with E-state index in [1.54, 1.807) is 30.6 Å². The highest BCUT2D eigenvalue weighted by Gasteiger charge is 2.34. The van der Waals surface area contributed by atoms with E-state index in [9.17, 15) is 9.59 Å². The first-order valence-corrected chi connectivity index (χ1v) is 8.38. The third-order valence-corrected chi connectivity index (χ3v) is 5.04. The Kier molecular flexibility index (Phi) is 3.90. The van der Waals surface area contributed by atoms with Gasteiger partial charge in [-0.15, -0.1) is 0 Å². The number of nitrogens with one attached hydrogen (secondary N) is 1. The van der Waals surface area contributed by atoms with Crippen LogP contribution in [0.1, 0.15) is 23.2 Å². The van der Waals surface area contributed by atoms with Crippen LogP contribution in [0.5, 0.6) is 0 Å². The van der Waals surface area contributed by atoms with Crippen molar-refractivity contribution in [2.24, 2.45) is 5.92 Å². The second kappa shape index (κ2) is 6.20. The first-order valence-electron chi connectivity index (χ1n) is 8.38. The Balaban J connectivity index is 1.56. The molecule has 1 atom stereocenters. The van der Waals surface area contributed by atoms with Crippen LogP contribution in [0.3, 0.4) is 0 Å². The monoisotopic (exact) mass is 324 g/mol. The molecule has 6 nitrogen and oxygen atoms in total. The third-order valence-electron chi connectivity index (χ3n) is 5.04. The zero-order chi connectivity index (χ0) is 16.5. The molecule has 0 spiro atoms. The number of hydrogen-bond acceptors (Lipinski definition) is 4. The van der Waals surface area contributed by atoms with Crippen molar-refractivity contribution in [3.8, 4) is 5.82 Å². The van der Waals surface area contributed by atoms with Gasteiger partial charge in [0.05, 0.1) is 5.56 Å². The number of amides is 1. The summed E-state index contributed by atoms with van der Waals surface area (Å²) >= 11 is 0. The zero-order valence-electron chi connectivity index (χ0n) is 13.4. The minimum absolute atomic E-state index is 0.126. The van der Waals surface area contributed by atoms with Gasteiger partial charge in [-0.1, -0.05) is 6.07 Å². The Labute approximate surface area is 140 Å². The van der Waals surface area contributed by atoms with Crippen LogP contribution in [0.2, 0.25) is 0 Å². The fraction of sp³-hybridized carbons (Fsp3) is 0.389. The number of carbonyl (C=O) groups excluding carboxylic acids is 1. The molecule has 2 bridgehead atoms. The molecule has 1 unspecified atom stereocenters. The van der Waals surface area contributed by atoms with Crippen molar-refractivity contribution >= 4 is 5.91 Å². The van der Waals surface area contributed by atoms with Gasteiger partial charge < -0.3 is 10.2 Å². The van der Waals surface area contributed by atoms with E-state index in [1.807, 2.05) is 6.07 Å². The van der Waals surface area contributed by atoms with Gasteiger partial charge in [-0.3, -0.25) is 14.2 Å². The van der Waals surface area contributed by atoms with Crippen molar-refractivity contribution < 1.29 is 4.79 Å². The topological polar surface area (TPSA) is 67.2 Å². The average molecular weight is 324 g/mol. The summed E-state index contributed by atoms with van der Waals surface area (Å²) in [5, 5.41) is 3.15. The van der Waals surface area contributed by atoms with Gasteiger partial charge in [0.1, 0.15) is 5.82 Å². The first-order chi connectivity index (χ1) is 11.7. The smallest absolute Gasteiger partial charge is 0.256 e. The third kappa shape index (κ3) is 2.85. The molecule has 3 saturated heterocycles. The van der Waals surface area contributed by atoms with E-state index in [0.29, 0.717) is 17.3 Å². The molecule has 6 heteroatoms. The van der Waals surface area contributed by atoms with Crippen LogP contribution in [0.4, 0.5) is 0 Å². The molecule has 3 aliphatic rings. The minimum atomic E-state index is -0.201. The molecule has 0 aliphatic carbocycles. The highest BCUT2D eigenvalue weighted by Crippen LogP contribution is 2.27. The van der Waals surface area contributed by atoms with E-state index in [-0.39, 0.29) is 17.5 Å². The fourth-order valence-electron chi connectivity index (χ4n) is 3.68. The minimum Gasteiger partial charge on any atom is -0.348 e. The molecule has 0 radical (unpaired) electrons. The molecule has 3 fully saturated rings. The van der Waals surface area contributed by atoms with Gasteiger partial charge in [0, 0.05) is 31.0 Å². The van der Waals surface area contributed by atoms with Crippen molar-refractivity contribution in [3.63, 3.8) is 0 Å². The molecule has 5 heterocycles. The molecular formula is C18H20N4O2. The summed E-state index contributed by atoms with van der Waals surface area (Å²) in [7, 11) is 0. The Morgan fingerprint density at radius 3 is 2.67 bits per heavy atom. The van der Waals surface area contributed by atoms with Crippen LogP contribution >= 0.6 is 0 Å². The van der Waals surface area contributed by atoms with Crippen LogP contribution < -0.4 is 10.9 Å². The van der Waals surface area contributed by atoms with Gasteiger partial charge in [-0.2, -0.15) is 0 Å². The maximum absolute atomic E-state index is 12.6. The number of pyridine rings is 2. The Morgan fingerprint density at radius 2 is 2.00 bits per heavy atom. The standard InChI is InChI=1S/C18H20N4O2/c23-17-5-4-14(11-22(17)16-3-1-2-8-19-16)18(24)20-15-12-21-9-6-13(15)7-10-21/h1-5,8,11,13,15H,6-7,9-10,12H2,(H,20,24). The molecule has 24 heavy (non-hydrogen) atoms. The predicted molar refractivity (Wildman–Crippen MR) is 90.3 cm³/mol. The summed E-state index contributed by atoms with van der Waals surface area (Å²) in [6.07, 6.45) is 5.50. The van der Waals surface area contributed by atoms with Gasteiger partial charge in [0.15, 0.2) is 0 Å². The summed E-state index contributed by atoms with van der Waals surface area (Å²) in [5.41, 5.74) is 0.282. The largest absolute Gasteiger partial charge is 0.348 e. The molecule has 0 saturated carbocycles. The maximum Gasteiger partial charge on any atom is 0.256 e. The first kappa shape index (κ1) is 15.1. The summed E-state index contributed by atoms with van der Waals surface area (Å²) in [4.78, 5) is 31.3. The number of piperidine rings is 3. The molecule has 1 N–H and O–H groups in total. The van der Waals surface area contributed by atoms with E-state index in [2.05, 4.69) is 15.2 Å². The average Bonchev–Trinajstić information content (AvgIpc) is 2.64. The van der Waals surface area contributed by atoms with E-state index in [1.165, 1.54) is 10.6 Å². The highest BCUT2D eigenvalue weighted by atomic mass is 16.2. The van der Waals surface area contributed by atoms with Gasteiger partial charge in [0.25, 0.3) is 11.5 Å². The fourth-order valence-corrected chi connectivity index (χ4v) is 3.68. The van der Waals surface area contributed by atoms with E-state index in [4.69, 9.17) is 0 Å². The van der Waals surface area contributed by atoms with Crippen LogP contribution in [0.25, 0.3) is 5.82 Å². The van der Waals surface area contributed by atoms with Gasteiger partial charge in [-0.25, -0.2) is 4.98 Å². The second-order valence-corrected chi connectivity index (χ2v) is 6.53. The van der Waals surface area contributed by atoms with Crippen molar-refractivity contribution in [2.45, 2.75) is 18.9 Å². The molecule has 124 valence electrons. The zero-order valence-corrected chi connectivity index (χ0v) is 13.4. The summed E-state index contributed by atoms with van der Waals surface area (Å²) in [6.45, 7) is 3.21. The Bertz CT molecular complexity index is 794. The number of aromatic nitrogens is 2. The van der Waals surface area contributed by atoms with Crippen LogP contribution in [-0.4, -0.2) is 46.0 Å². The molecule has 3 aliphatic heterocycles. The predicted octanol–water partition coefficient (Wildman–Crippen LogP) is 1.06. The molecule has 5 rings (SSSR count). The number of fused-ring (bicyclic) bond motifs is 3. The summed E-state index contributed by atoms with van der Waals surface area (Å²) in [5.74, 6) is 0.957. The molecule has 2 aromatic rings. The lowest BCUT2D eigenvalue weighted by atomic mass is 9.84. The normalized spacial score (nSPS) is 25.4. The van der Waals surface area contributed by atoms with Crippen LogP contribution in [0, 0.1) is 5.92 Å². The Hall–Kier alpha value is -2.47. The van der Waals surface area contributed by atoms with Gasteiger partial charge in [0.2, 0.25) is 0 Å². The quantitative estimate of drug-likeness (QED) is 0.917. The molecule has 1 amide bonds. The summed E-state index contributed by atoms with van der Waals surface area (Å²) < 4.78 is 1.41. The van der Waals surface area contributed by atoms with E-state index < -0.39 is 0 Å². The molecular weight excluding hydrogens is 304 g/mol.